The van der Waals surface area contributed by atoms with E-state index in [0.717, 1.165) is 71.9 Å². The highest BCUT2D eigenvalue weighted by Gasteiger charge is 2.40. The van der Waals surface area contributed by atoms with Gasteiger partial charge in [-0.05, 0) is 95.3 Å². The summed E-state index contributed by atoms with van der Waals surface area (Å²) in [5, 5.41) is 12.9. The molecule has 11 heteroatoms. The number of hydrogen-bond acceptors (Lipinski definition) is 6. The van der Waals surface area contributed by atoms with Crippen molar-refractivity contribution in [1.82, 2.24) is 29.2 Å². The van der Waals surface area contributed by atoms with E-state index in [2.05, 4.69) is 42.5 Å². The van der Waals surface area contributed by atoms with Crippen LogP contribution in [0.2, 0.25) is 5.02 Å². The van der Waals surface area contributed by atoms with Crippen LogP contribution in [0.5, 0.6) is 0 Å². The van der Waals surface area contributed by atoms with E-state index in [1.165, 1.54) is 4.90 Å². The average molecular weight is 655 g/mol. The first-order valence-electron chi connectivity index (χ1n) is 14.8. The van der Waals surface area contributed by atoms with E-state index in [9.17, 15) is 14.7 Å². The number of likely N-dealkylation sites (tertiary alicyclic amines) is 1. The number of hydrogen-bond donors (Lipinski definition) is 0. The molecule has 6 rings (SSSR count). The molecule has 0 N–H and O–H groups in total. The monoisotopic (exact) mass is 653 g/mol. The molecule has 3 aliphatic rings. The molecule has 222 valence electrons. The number of pyridine rings is 1. The molecule has 2 aliphatic heterocycles. The summed E-state index contributed by atoms with van der Waals surface area (Å²) < 4.78 is 3.01. The fraction of sp³-hybridized carbons (Fsp3) is 0.484. The molecule has 2 atom stereocenters. The summed E-state index contributed by atoms with van der Waals surface area (Å²) in [7, 11) is 0. The van der Waals surface area contributed by atoms with E-state index in [4.69, 9.17) is 16.6 Å². The Kier molecular flexibility index (Phi) is 8.83. The van der Waals surface area contributed by atoms with Gasteiger partial charge in [-0.1, -0.05) is 17.7 Å². The Balaban J connectivity index is 1.19. The maximum Gasteiger partial charge on any atom is 0.246 e. The average Bonchev–Trinajstić information content (AvgIpc) is 3.46. The molecule has 0 saturated carbocycles. The topological polar surface area (TPSA) is 97.6 Å². The summed E-state index contributed by atoms with van der Waals surface area (Å²) in [5.74, 6) is 0.434. The number of carboxylic acid groups (broad SMARTS) is 1. The van der Waals surface area contributed by atoms with Crippen molar-refractivity contribution in [3.8, 4) is 0 Å². The van der Waals surface area contributed by atoms with Crippen molar-refractivity contribution in [2.75, 3.05) is 32.7 Å². The van der Waals surface area contributed by atoms with Gasteiger partial charge in [-0.3, -0.25) is 14.7 Å². The number of fused-ring (bicyclic) bond motifs is 2. The van der Waals surface area contributed by atoms with Crippen molar-refractivity contribution in [2.24, 2.45) is 5.92 Å². The third kappa shape index (κ3) is 6.21. The summed E-state index contributed by atoms with van der Waals surface area (Å²) in [4.78, 5) is 40.4. The number of piperidine rings is 1. The Morgan fingerprint density at radius 2 is 1.88 bits per heavy atom. The Hall–Kier alpha value is -2.95. The lowest BCUT2D eigenvalue weighted by Crippen LogP contribution is -2.64. The SMILES string of the molecule is O=C(C1CN(C2c3ccc(Cl)cc3CCc3cc(Br)cnc32)CCN1C(=O)[O-])N1CCC(CCCn2ccnc2)CC1. The molecule has 2 saturated heterocycles. The number of nitrogens with zero attached hydrogens (tertiary/aromatic N) is 6. The van der Waals surface area contributed by atoms with Crippen molar-refractivity contribution in [3.05, 3.63) is 81.1 Å². The van der Waals surface area contributed by atoms with E-state index in [1.54, 1.807) is 6.20 Å². The van der Waals surface area contributed by atoms with E-state index in [0.29, 0.717) is 30.6 Å². The van der Waals surface area contributed by atoms with E-state index < -0.39 is 12.1 Å². The summed E-state index contributed by atoms with van der Waals surface area (Å²) in [6.45, 7) is 3.20. The predicted molar refractivity (Wildman–Crippen MR) is 161 cm³/mol. The zero-order chi connectivity index (χ0) is 29.2. The van der Waals surface area contributed by atoms with Gasteiger partial charge in [-0.15, -0.1) is 0 Å². The van der Waals surface area contributed by atoms with Crippen molar-refractivity contribution < 1.29 is 14.7 Å². The number of aryl methyl sites for hydroxylation is 3. The minimum Gasteiger partial charge on any atom is -0.530 e. The van der Waals surface area contributed by atoms with Crippen LogP contribution in [0.25, 0.3) is 0 Å². The molecule has 0 radical (unpaired) electrons. The first-order valence-corrected chi connectivity index (χ1v) is 15.9. The molecule has 0 spiro atoms. The summed E-state index contributed by atoms with van der Waals surface area (Å²) in [6.07, 6.45) is 11.8. The fourth-order valence-electron chi connectivity index (χ4n) is 6.88. The molecule has 2 fully saturated rings. The molecule has 0 bridgehead atoms. The van der Waals surface area contributed by atoms with Gasteiger partial charge >= 0.3 is 0 Å². The second kappa shape index (κ2) is 12.7. The lowest BCUT2D eigenvalue weighted by Gasteiger charge is -2.46. The standard InChI is InChI=1S/C31H36BrClN6O3/c32-24-16-23-4-3-22-17-25(33)5-6-26(22)29(28(23)35-18-24)38-14-15-39(31(41)42)27(19-38)30(40)37-11-7-21(8-12-37)2-1-10-36-13-9-34-20-36/h5-6,9,13,16-18,20-21,27,29H,1-4,7-8,10-12,14-15,19H2,(H,41,42)/p-1. The fourth-order valence-corrected chi connectivity index (χ4v) is 7.46. The predicted octanol–water partition coefficient (Wildman–Crippen LogP) is 3.93. The normalized spacial score (nSPS) is 21.5. The second-order valence-corrected chi connectivity index (χ2v) is 13.0. The summed E-state index contributed by atoms with van der Waals surface area (Å²) in [5.41, 5.74) is 4.35. The van der Waals surface area contributed by atoms with Gasteiger partial charge < -0.3 is 24.3 Å². The highest BCUT2D eigenvalue weighted by Crippen LogP contribution is 2.38. The van der Waals surface area contributed by atoms with Crippen LogP contribution in [0.3, 0.4) is 0 Å². The molecule has 2 amide bonds. The van der Waals surface area contributed by atoms with Gasteiger partial charge in [0.25, 0.3) is 0 Å². The number of piperazine rings is 1. The van der Waals surface area contributed by atoms with Gasteiger partial charge in [0.05, 0.1) is 18.1 Å². The number of carbonyl (C=O) groups is 2. The molecule has 1 aromatic carbocycles. The van der Waals surface area contributed by atoms with Crippen molar-refractivity contribution >= 4 is 39.5 Å². The number of aromatic nitrogens is 3. The molecule has 1 aliphatic carbocycles. The highest BCUT2D eigenvalue weighted by molar-refractivity contribution is 9.10. The first-order chi connectivity index (χ1) is 20.4. The number of imidazole rings is 1. The van der Waals surface area contributed by atoms with Gasteiger partial charge in [-0.2, -0.15) is 0 Å². The third-order valence-corrected chi connectivity index (χ3v) is 9.77. The summed E-state index contributed by atoms with van der Waals surface area (Å²) >= 11 is 9.97. The zero-order valence-electron chi connectivity index (χ0n) is 23.5. The maximum absolute atomic E-state index is 13.9. The smallest absolute Gasteiger partial charge is 0.246 e. The van der Waals surface area contributed by atoms with E-state index >= 15 is 0 Å². The third-order valence-electron chi connectivity index (χ3n) is 9.10. The lowest BCUT2D eigenvalue weighted by molar-refractivity contribution is -0.270. The summed E-state index contributed by atoms with van der Waals surface area (Å²) in [6, 6.07) is 7.06. The number of rotatable bonds is 6. The first kappa shape index (κ1) is 29.1. The van der Waals surface area contributed by atoms with E-state index in [-0.39, 0.29) is 25.0 Å². The molecule has 2 unspecified atom stereocenters. The largest absolute Gasteiger partial charge is 0.530 e. The van der Waals surface area contributed by atoms with Crippen LogP contribution in [0.1, 0.15) is 54.1 Å². The number of halogens is 2. The molecule has 42 heavy (non-hydrogen) atoms. The van der Waals surface area contributed by atoms with Crippen molar-refractivity contribution in [3.63, 3.8) is 0 Å². The van der Waals surface area contributed by atoms with Crippen LogP contribution in [0, 0.1) is 5.92 Å². The van der Waals surface area contributed by atoms with Crippen LogP contribution in [0.15, 0.2) is 53.7 Å². The Bertz CT molecular complexity index is 1370. The molecule has 4 heterocycles. The van der Waals surface area contributed by atoms with Crippen LogP contribution in [-0.4, -0.2) is 80.0 Å². The Labute approximate surface area is 259 Å². The van der Waals surface area contributed by atoms with Crippen molar-refractivity contribution in [2.45, 2.75) is 57.2 Å². The molecule has 3 aromatic rings. The number of benzene rings is 1. The number of carbonyl (C=O) groups excluding carboxylic acids is 2. The van der Waals surface area contributed by atoms with Crippen LogP contribution >= 0.6 is 27.5 Å². The Morgan fingerprint density at radius 3 is 2.64 bits per heavy atom. The van der Waals surface area contributed by atoms with Crippen LogP contribution in [-0.2, 0) is 24.2 Å². The minimum atomic E-state index is -1.29. The minimum absolute atomic E-state index is 0.130. The van der Waals surface area contributed by atoms with Crippen molar-refractivity contribution in [1.29, 1.82) is 0 Å². The molecular weight excluding hydrogens is 620 g/mol. The quantitative estimate of drug-likeness (QED) is 0.400. The van der Waals surface area contributed by atoms with Crippen LogP contribution < -0.4 is 5.11 Å². The lowest BCUT2D eigenvalue weighted by atomic mass is 9.91. The van der Waals surface area contributed by atoms with Crippen LogP contribution in [0.4, 0.5) is 4.79 Å². The van der Waals surface area contributed by atoms with Gasteiger partial charge in [0.1, 0.15) is 12.1 Å². The van der Waals surface area contributed by atoms with Gasteiger partial charge in [0.2, 0.25) is 5.91 Å². The number of amides is 2. The Morgan fingerprint density at radius 1 is 1.07 bits per heavy atom. The van der Waals surface area contributed by atoms with Gasteiger partial charge in [0.15, 0.2) is 0 Å². The molecule has 9 nitrogen and oxygen atoms in total. The van der Waals surface area contributed by atoms with Gasteiger partial charge in [0, 0.05) is 67.4 Å². The highest BCUT2D eigenvalue weighted by atomic mass is 79.9. The van der Waals surface area contributed by atoms with E-state index in [1.807, 2.05) is 35.8 Å². The second-order valence-electron chi connectivity index (χ2n) is 11.6. The molecule has 2 aromatic heterocycles. The molecular formula is C31H35BrClN6O3-. The van der Waals surface area contributed by atoms with Gasteiger partial charge in [-0.25, -0.2) is 4.98 Å². The maximum atomic E-state index is 13.9. The zero-order valence-corrected chi connectivity index (χ0v) is 25.8.